The second-order valence-corrected chi connectivity index (χ2v) is 5.82. The third-order valence-corrected chi connectivity index (χ3v) is 4.34. The normalized spacial score (nSPS) is 19.3. The van der Waals surface area contributed by atoms with Gasteiger partial charge in [-0.1, -0.05) is 12.1 Å². The van der Waals surface area contributed by atoms with E-state index in [-0.39, 0.29) is 5.54 Å². The van der Waals surface area contributed by atoms with Gasteiger partial charge in [-0.3, -0.25) is 4.90 Å². The number of rotatable bonds is 5. The van der Waals surface area contributed by atoms with Crippen molar-refractivity contribution in [1.29, 1.82) is 5.26 Å². The van der Waals surface area contributed by atoms with Gasteiger partial charge in [0, 0.05) is 19.6 Å². The molecule has 0 amide bonds. The van der Waals surface area contributed by atoms with Gasteiger partial charge in [0.2, 0.25) is 0 Å². The van der Waals surface area contributed by atoms with Gasteiger partial charge in [-0.15, -0.1) is 0 Å². The molecule has 0 spiro atoms. The Morgan fingerprint density at radius 1 is 1.29 bits per heavy atom. The second-order valence-electron chi connectivity index (χ2n) is 5.82. The molecule has 4 nitrogen and oxygen atoms in total. The third kappa shape index (κ3) is 4.20. The molecular weight excluding hydrogens is 262 g/mol. The summed E-state index contributed by atoms with van der Waals surface area (Å²) in [5, 5.41) is 13.1. The van der Waals surface area contributed by atoms with Gasteiger partial charge in [0.15, 0.2) is 0 Å². The first-order valence-corrected chi connectivity index (χ1v) is 7.68. The van der Waals surface area contributed by atoms with Crippen molar-refractivity contribution >= 4 is 0 Å². The average molecular weight is 287 g/mol. The Bertz CT molecular complexity index is 472. The molecule has 1 aliphatic rings. The summed E-state index contributed by atoms with van der Waals surface area (Å²) in [7, 11) is 1.68. The molecule has 1 atom stereocenters. The quantitative estimate of drug-likeness (QED) is 0.902. The molecule has 1 aromatic rings. The summed E-state index contributed by atoms with van der Waals surface area (Å²) < 4.78 is 5.18. The Morgan fingerprint density at radius 2 is 2.05 bits per heavy atom. The van der Waals surface area contributed by atoms with Crippen LogP contribution in [0.15, 0.2) is 24.3 Å². The SMILES string of the molecule is COc1ccc(CCC(C)(C#N)N2CCCNCC2)cc1. The summed E-state index contributed by atoms with van der Waals surface area (Å²) in [5.41, 5.74) is 0.872. The van der Waals surface area contributed by atoms with Crippen molar-refractivity contribution in [1.82, 2.24) is 10.2 Å². The number of nitriles is 1. The Labute approximate surface area is 127 Å². The van der Waals surface area contributed by atoms with Crippen LogP contribution in [-0.4, -0.2) is 43.7 Å². The van der Waals surface area contributed by atoms with Gasteiger partial charge in [-0.05, 0) is 50.4 Å². The standard InChI is InChI=1S/C17H25N3O/c1-17(14-18,20-12-3-10-19-11-13-20)9-8-15-4-6-16(21-2)7-5-15/h4-7,19H,3,8-13H2,1-2H3. The highest BCUT2D eigenvalue weighted by Gasteiger charge is 2.31. The number of ether oxygens (including phenoxy) is 1. The topological polar surface area (TPSA) is 48.3 Å². The van der Waals surface area contributed by atoms with Crippen LogP contribution in [0.4, 0.5) is 0 Å². The van der Waals surface area contributed by atoms with Crippen LogP contribution < -0.4 is 10.1 Å². The van der Waals surface area contributed by atoms with Gasteiger partial charge in [0.05, 0.1) is 13.2 Å². The van der Waals surface area contributed by atoms with Crippen molar-refractivity contribution in [2.24, 2.45) is 0 Å². The maximum Gasteiger partial charge on any atom is 0.118 e. The molecule has 114 valence electrons. The van der Waals surface area contributed by atoms with Crippen molar-refractivity contribution < 1.29 is 4.74 Å². The molecular formula is C17H25N3O. The summed E-state index contributed by atoms with van der Waals surface area (Å²) in [6.07, 6.45) is 2.88. The van der Waals surface area contributed by atoms with Gasteiger partial charge in [-0.25, -0.2) is 0 Å². The lowest BCUT2D eigenvalue weighted by atomic mass is 9.92. The Hall–Kier alpha value is -1.57. The van der Waals surface area contributed by atoms with Gasteiger partial charge in [0.1, 0.15) is 11.3 Å². The van der Waals surface area contributed by atoms with Crippen molar-refractivity contribution in [3.8, 4) is 11.8 Å². The van der Waals surface area contributed by atoms with Crippen LogP contribution >= 0.6 is 0 Å². The lowest BCUT2D eigenvalue weighted by Crippen LogP contribution is -2.47. The summed E-state index contributed by atoms with van der Waals surface area (Å²) >= 11 is 0. The monoisotopic (exact) mass is 287 g/mol. The predicted octanol–water partition coefficient (Wildman–Crippen LogP) is 2.21. The Morgan fingerprint density at radius 3 is 2.71 bits per heavy atom. The molecule has 0 aliphatic carbocycles. The maximum absolute atomic E-state index is 9.66. The van der Waals surface area contributed by atoms with Crippen LogP contribution in [0.2, 0.25) is 0 Å². The molecule has 1 fully saturated rings. The highest BCUT2D eigenvalue weighted by atomic mass is 16.5. The fourth-order valence-corrected chi connectivity index (χ4v) is 2.80. The fraction of sp³-hybridized carbons (Fsp3) is 0.588. The van der Waals surface area contributed by atoms with Gasteiger partial charge >= 0.3 is 0 Å². The number of hydrogen-bond donors (Lipinski definition) is 1. The molecule has 0 aromatic heterocycles. The molecule has 0 radical (unpaired) electrons. The van der Waals surface area contributed by atoms with E-state index in [1.807, 2.05) is 12.1 Å². The largest absolute Gasteiger partial charge is 0.497 e. The third-order valence-electron chi connectivity index (χ3n) is 4.34. The maximum atomic E-state index is 9.66. The van der Waals surface area contributed by atoms with Crippen molar-refractivity contribution in [2.45, 2.75) is 31.7 Å². The zero-order valence-electron chi connectivity index (χ0n) is 13.1. The smallest absolute Gasteiger partial charge is 0.118 e. The minimum atomic E-state index is -0.383. The van der Waals surface area contributed by atoms with Crippen molar-refractivity contribution in [3.05, 3.63) is 29.8 Å². The summed E-state index contributed by atoms with van der Waals surface area (Å²) in [6.45, 7) is 6.05. The van der Waals surface area contributed by atoms with Crippen LogP contribution in [0.25, 0.3) is 0 Å². The predicted molar refractivity (Wildman–Crippen MR) is 84.4 cm³/mol. The molecule has 21 heavy (non-hydrogen) atoms. The lowest BCUT2D eigenvalue weighted by molar-refractivity contribution is 0.153. The first-order valence-electron chi connectivity index (χ1n) is 7.68. The number of nitrogens with one attached hydrogen (secondary N) is 1. The molecule has 1 saturated heterocycles. The minimum absolute atomic E-state index is 0.383. The Kier molecular flexibility index (Phi) is 5.60. The van der Waals surface area contributed by atoms with Crippen LogP contribution in [0.5, 0.6) is 5.75 Å². The highest BCUT2D eigenvalue weighted by molar-refractivity contribution is 5.27. The zero-order chi connectivity index (χ0) is 15.1. The summed E-state index contributed by atoms with van der Waals surface area (Å²) in [4.78, 5) is 2.33. The molecule has 1 N–H and O–H groups in total. The van der Waals surface area contributed by atoms with Gasteiger partial charge in [0.25, 0.3) is 0 Å². The number of benzene rings is 1. The molecule has 1 unspecified atom stereocenters. The van der Waals surface area contributed by atoms with E-state index in [9.17, 15) is 5.26 Å². The van der Waals surface area contributed by atoms with Crippen LogP contribution in [0, 0.1) is 11.3 Å². The second kappa shape index (κ2) is 7.44. The van der Waals surface area contributed by atoms with E-state index in [0.29, 0.717) is 0 Å². The van der Waals surface area contributed by atoms with Crippen molar-refractivity contribution in [2.75, 3.05) is 33.3 Å². The number of hydrogen-bond acceptors (Lipinski definition) is 4. The first-order chi connectivity index (χ1) is 10.2. The van der Waals surface area contributed by atoms with E-state index < -0.39 is 0 Å². The van der Waals surface area contributed by atoms with Crippen LogP contribution in [-0.2, 0) is 6.42 Å². The summed E-state index contributed by atoms with van der Waals surface area (Å²) in [5.74, 6) is 0.875. The van der Waals surface area contributed by atoms with E-state index in [0.717, 1.165) is 51.2 Å². The number of methoxy groups -OCH3 is 1. The highest BCUT2D eigenvalue weighted by Crippen LogP contribution is 2.23. The van der Waals surface area contributed by atoms with Crippen molar-refractivity contribution in [3.63, 3.8) is 0 Å². The van der Waals surface area contributed by atoms with Gasteiger partial charge in [-0.2, -0.15) is 5.26 Å². The van der Waals surface area contributed by atoms with Gasteiger partial charge < -0.3 is 10.1 Å². The zero-order valence-corrected chi connectivity index (χ0v) is 13.1. The van der Waals surface area contributed by atoms with E-state index in [4.69, 9.17) is 4.74 Å². The molecule has 1 aliphatic heterocycles. The first kappa shape index (κ1) is 15.8. The van der Waals surface area contributed by atoms with E-state index >= 15 is 0 Å². The average Bonchev–Trinajstić information content (AvgIpc) is 2.83. The molecule has 2 rings (SSSR count). The number of aryl methyl sites for hydroxylation is 1. The van der Waals surface area contributed by atoms with E-state index in [1.54, 1.807) is 7.11 Å². The molecule has 1 aromatic carbocycles. The Balaban J connectivity index is 1.98. The summed E-state index contributed by atoms with van der Waals surface area (Å²) in [6, 6.07) is 10.7. The molecule has 0 bridgehead atoms. The number of nitrogens with zero attached hydrogens (tertiary/aromatic N) is 2. The molecule has 4 heteroatoms. The van der Waals surface area contributed by atoms with E-state index in [1.165, 1.54) is 5.56 Å². The lowest BCUT2D eigenvalue weighted by Gasteiger charge is -2.35. The van der Waals surface area contributed by atoms with Crippen LogP contribution in [0.1, 0.15) is 25.3 Å². The van der Waals surface area contributed by atoms with E-state index in [2.05, 4.69) is 35.3 Å². The van der Waals surface area contributed by atoms with Crippen LogP contribution in [0.3, 0.4) is 0 Å². The minimum Gasteiger partial charge on any atom is -0.497 e. The molecule has 1 heterocycles. The fourth-order valence-electron chi connectivity index (χ4n) is 2.80. The molecule has 0 saturated carbocycles.